The van der Waals surface area contributed by atoms with Crippen LogP contribution >= 0.6 is 39.9 Å². The molecule has 0 aliphatic heterocycles. The molecule has 2 rings (SSSR count). The van der Waals surface area contributed by atoms with E-state index in [0.29, 0.717) is 0 Å². The summed E-state index contributed by atoms with van der Waals surface area (Å²) in [6.07, 6.45) is 0. The Balaban J connectivity index is 2.76. The molecule has 1 nitrogen and oxygen atoms in total. The normalized spacial score (nSPS) is 10.9. The Labute approximate surface area is 94.5 Å². The molecule has 1 heterocycles. The highest BCUT2D eigenvalue weighted by Gasteiger charge is 2.07. The van der Waals surface area contributed by atoms with Crippen molar-refractivity contribution in [1.29, 1.82) is 0 Å². The minimum absolute atomic E-state index is 0.820. The first-order chi connectivity index (χ1) is 6.22. The van der Waals surface area contributed by atoms with Crippen LogP contribution in [0.25, 0.3) is 10.1 Å². The van der Waals surface area contributed by atoms with E-state index in [9.17, 15) is 0 Å². The molecule has 0 saturated carbocycles. The molecular weight excluding hydrogens is 266 g/mol. The third kappa shape index (κ3) is 1.58. The zero-order chi connectivity index (χ0) is 9.42. The number of nitrogens with two attached hydrogens (primary N) is 1. The number of halogens is 1. The molecule has 2 aromatic rings. The average Bonchev–Trinajstić information content (AvgIpc) is 2.42. The van der Waals surface area contributed by atoms with Gasteiger partial charge in [-0.15, -0.1) is 24.0 Å². The van der Waals surface area contributed by atoms with Crippen LogP contribution in [-0.2, 0) is 5.33 Å². The fourth-order valence-corrected chi connectivity index (χ4v) is 3.21. The molecule has 0 spiro atoms. The summed E-state index contributed by atoms with van der Waals surface area (Å²) in [5.74, 6) is 0. The quantitative estimate of drug-likeness (QED) is 0.602. The Morgan fingerprint density at radius 2 is 2.23 bits per heavy atom. The van der Waals surface area contributed by atoms with Gasteiger partial charge < -0.3 is 5.73 Å². The van der Waals surface area contributed by atoms with Gasteiger partial charge in [0.15, 0.2) is 0 Å². The molecule has 2 N–H and O–H groups in total. The zero-order valence-electron chi connectivity index (χ0n) is 6.75. The number of alkyl halides is 1. The molecule has 68 valence electrons. The van der Waals surface area contributed by atoms with Gasteiger partial charge in [0.2, 0.25) is 0 Å². The molecule has 4 heteroatoms. The van der Waals surface area contributed by atoms with Crippen LogP contribution in [-0.4, -0.2) is 0 Å². The van der Waals surface area contributed by atoms with Crippen LogP contribution in [0.15, 0.2) is 23.1 Å². The van der Waals surface area contributed by atoms with Crippen molar-refractivity contribution in [3.05, 3.63) is 23.1 Å². The summed E-state index contributed by atoms with van der Waals surface area (Å²) in [6.45, 7) is 0. The molecule has 13 heavy (non-hydrogen) atoms. The van der Waals surface area contributed by atoms with Gasteiger partial charge in [-0.1, -0.05) is 22.0 Å². The Kier molecular flexibility index (Phi) is 2.53. The highest BCUT2D eigenvalue weighted by molar-refractivity contribution is 9.08. The smallest absolute Gasteiger partial charge is 0.0544 e. The van der Waals surface area contributed by atoms with E-state index in [2.05, 4.69) is 28.6 Å². The highest BCUT2D eigenvalue weighted by atomic mass is 79.9. The Morgan fingerprint density at radius 1 is 1.46 bits per heavy atom. The molecular formula is C9H8BrNS2. The molecule has 1 aromatic carbocycles. The maximum absolute atomic E-state index is 5.96. The summed E-state index contributed by atoms with van der Waals surface area (Å²) >= 11 is 9.42. The third-order valence-electron chi connectivity index (χ3n) is 1.91. The molecule has 0 amide bonds. The van der Waals surface area contributed by atoms with E-state index in [1.165, 1.54) is 9.58 Å². The van der Waals surface area contributed by atoms with Crippen LogP contribution in [0.4, 0.5) is 5.69 Å². The summed E-state index contributed by atoms with van der Waals surface area (Å²) in [4.78, 5) is 2.17. The molecule has 0 bridgehead atoms. The van der Waals surface area contributed by atoms with Crippen LogP contribution in [0.5, 0.6) is 0 Å². The van der Waals surface area contributed by atoms with Crippen LogP contribution < -0.4 is 5.73 Å². The number of thiol groups is 1. The summed E-state index contributed by atoms with van der Waals surface area (Å²) in [6, 6.07) is 6.04. The monoisotopic (exact) mass is 273 g/mol. The standard InChI is InChI=1S/C9H8BrNS2/c10-4-8-9(11)6-2-1-5(12)3-7(6)13-8/h1-3,12H,4,11H2. The number of fused-ring (bicyclic) bond motifs is 1. The first-order valence-corrected chi connectivity index (χ1v) is 6.16. The van der Waals surface area contributed by atoms with E-state index in [0.717, 1.165) is 21.3 Å². The maximum Gasteiger partial charge on any atom is 0.0544 e. The molecule has 0 aliphatic carbocycles. The van der Waals surface area contributed by atoms with Crippen molar-refractivity contribution < 1.29 is 0 Å². The summed E-state index contributed by atoms with van der Waals surface area (Å²) in [5, 5.41) is 1.96. The molecule has 0 radical (unpaired) electrons. The lowest BCUT2D eigenvalue weighted by Crippen LogP contribution is -1.85. The van der Waals surface area contributed by atoms with E-state index >= 15 is 0 Å². The lowest BCUT2D eigenvalue weighted by atomic mass is 10.2. The zero-order valence-corrected chi connectivity index (χ0v) is 10.0. The number of thiophene rings is 1. The Morgan fingerprint density at radius 3 is 2.92 bits per heavy atom. The van der Waals surface area contributed by atoms with E-state index in [1.807, 2.05) is 18.2 Å². The predicted molar refractivity (Wildman–Crippen MR) is 66.1 cm³/mol. The molecule has 0 aliphatic rings. The second-order valence-electron chi connectivity index (χ2n) is 2.75. The largest absolute Gasteiger partial charge is 0.397 e. The number of anilines is 1. The van der Waals surface area contributed by atoms with Gasteiger partial charge in [0, 0.05) is 25.2 Å². The van der Waals surface area contributed by atoms with Gasteiger partial charge in [0.05, 0.1) is 5.69 Å². The van der Waals surface area contributed by atoms with Crippen molar-refractivity contribution in [2.24, 2.45) is 0 Å². The number of rotatable bonds is 1. The molecule has 0 fully saturated rings. The average molecular weight is 274 g/mol. The number of hydrogen-bond acceptors (Lipinski definition) is 3. The van der Waals surface area contributed by atoms with E-state index < -0.39 is 0 Å². The third-order valence-corrected chi connectivity index (χ3v) is 4.29. The van der Waals surface area contributed by atoms with Gasteiger partial charge in [0.25, 0.3) is 0 Å². The van der Waals surface area contributed by atoms with Crippen LogP contribution in [0, 0.1) is 0 Å². The van der Waals surface area contributed by atoms with Crippen molar-refractivity contribution >= 4 is 55.7 Å². The number of benzene rings is 1. The van der Waals surface area contributed by atoms with Crippen LogP contribution in [0.2, 0.25) is 0 Å². The Bertz CT molecular complexity index is 450. The lowest BCUT2D eigenvalue weighted by molar-refractivity contribution is 1.54. The minimum atomic E-state index is 0.820. The SMILES string of the molecule is Nc1c(CBr)sc2cc(S)ccc12. The van der Waals surface area contributed by atoms with Crippen molar-refractivity contribution in [2.75, 3.05) is 5.73 Å². The first kappa shape index (κ1) is 9.37. The topological polar surface area (TPSA) is 26.0 Å². The first-order valence-electron chi connectivity index (χ1n) is 3.78. The second-order valence-corrected chi connectivity index (χ2v) is 4.97. The van der Waals surface area contributed by atoms with Gasteiger partial charge in [-0.25, -0.2) is 0 Å². The van der Waals surface area contributed by atoms with E-state index in [-0.39, 0.29) is 0 Å². The fraction of sp³-hybridized carbons (Fsp3) is 0.111. The Hall–Kier alpha value is -0.190. The molecule has 0 saturated heterocycles. The lowest BCUT2D eigenvalue weighted by Gasteiger charge is -1.93. The fourth-order valence-electron chi connectivity index (χ4n) is 1.26. The summed E-state index contributed by atoms with van der Waals surface area (Å²) < 4.78 is 1.21. The van der Waals surface area contributed by atoms with Gasteiger partial charge in [-0.05, 0) is 12.1 Å². The molecule has 0 unspecified atom stereocenters. The van der Waals surface area contributed by atoms with Crippen molar-refractivity contribution in [2.45, 2.75) is 10.2 Å². The summed E-state index contributed by atoms with van der Waals surface area (Å²) in [5.41, 5.74) is 6.85. The van der Waals surface area contributed by atoms with Crippen LogP contribution in [0.3, 0.4) is 0 Å². The minimum Gasteiger partial charge on any atom is -0.397 e. The van der Waals surface area contributed by atoms with Gasteiger partial charge >= 0.3 is 0 Å². The van der Waals surface area contributed by atoms with Gasteiger partial charge in [-0.2, -0.15) is 0 Å². The van der Waals surface area contributed by atoms with E-state index in [1.54, 1.807) is 11.3 Å². The van der Waals surface area contributed by atoms with Crippen molar-refractivity contribution in [3.63, 3.8) is 0 Å². The predicted octanol–water partition coefficient (Wildman–Crippen LogP) is 3.67. The second kappa shape index (κ2) is 3.52. The van der Waals surface area contributed by atoms with Gasteiger partial charge in [-0.3, -0.25) is 0 Å². The van der Waals surface area contributed by atoms with Gasteiger partial charge in [0.1, 0.15) is 0 Å². The van der Waals surface area contributed by atoms with Crippen LogP contribution in [0.1, 0.15) is 4.88 Å². The van der Waals surface area contributed by atoms with Crippen molar-refractivity contribution in [1.82, 2.24) is 0 Å². The maximum atomic E-state index is 5.96. The van der Waals surface area contributed by atoms with Crippen molar-refractivity contribution in [3.8, 4) is 0 Å². The molecule has 0 atom stereocenters. The highest BCUT2D eigenvalue weighted by Crippen LogP contribution is 2.35. The number of nitrogen functional groups attached to an aromatic ring is 1. The number of hydrogen-bond donors (Lipinski definition) is 2. The van der Waals surface area contributed by atoms with E-state index in [4.69, 9.17) is 5.73 Å². The molecule has 1 aromatic heterocycles. The summed E-state index contributed by atoms with van der Waals surface area (Å²) in [7, 11) is 0.